The summed E-state index contributed by atoms with van der Waals surface area (Å²) in [4.78, 5) is 58.1. The Balaban J connectivity index is 1.19. The summed E-state index contributed by atoms with van der Waals surface area (Å²) in [5.41, 5.74) is 3.03. The van der Waals surface area contributed by atoms with Gasteiger partial charge < -0.3 is 4.74 Å². The van der Waals surface area contributed by atoms with Crippen molar-refractivity contribution >= 4 is 35.5 Å². The summed E-state index contributed by atoms with van der Waals surface area (Å²) in [7, 11) is 0. The van der Waals surface area contributed by atoms with Crippen molar-refractivity contribution in [3.8, 4) is 5.75 Å². The number of carbonyl (C=O) groups is 4. The van der Waals surface area contributed by atoms with Gasteiger partial charge in [0, 0.05) is 12.1 Å². The zero-order valence-corrected chi connectivity index (χ0v) is 25.4. The molecule has 230 valence electrons. The van der Waals surface area contributed by atoms with Gasteiger partial charge in [0.15, 0.2) is 0 Å². The molecule has 0 spiro atoms. The molecule has 8 nitrogen and oxygen atoms in total. The molecule has 11 rings (SSSR count). The Bertz CT molecular complexity index is 1820. The number of anilines is 1. The van der Waals surface area contributed by atoms with Gasteiger partial charge in [-0.1, -0.05) is 67.6 Å². The number of hydrogen-bond acceptors (Lipinski definition) is 6. The molecule has 2 aliphatic heterocycles. The van der Waals surface area contributed by atoms with E-state index in [0.717, 1.165) is 46.5 Å². The first-order chi connectivity index (χ1) is 22.5. The summed E-state index contributed by atoms with van der Waals surface area (Å²) in [6.07, 6.45) is 8.49. The third kappa shape index (κ3) is 3.42. The van der Waals surface area contributed by atoms with Crippen LogP contribution in [0.4, 0.5) is 5.69 Å². The summed E-state index contributed by atoms with van der Waals surface area (Å²) in [6.45, 7) is 2.61. The van der Waals surface area contributed by atoms with E-state index in [9.17, 15) is 19.2 Å². The van der Waals surface area contributed by atoms with Gasteiger partial charge in [-0.15, -0.1) is 0 Å². The molecular weight excluding hydrogens is 578 g/mol. The molecule has 2 heterocycles. The molecule has 1 saturated carbocycles. The second-order valence-electron chi connectivity index (χ2n) is 13.5. The van der Waals surface area contributed by atoms with Gasteiger partial charge in [0.2, 0.25) is 11.8 Å². The van der Waals surface area contributed by atoms with Crippen molar-refractivity contribution in [1.82, 2.24) is 5.01 Å². The topological polar surface area (TPSA) is 96.3 Å². The van der Waals surface area contributed by atoms with Gasteiger partial charge in [0.1, 0.15) is 5.75 Å². The number of carbonyl (C=O) groups excluding carboxylic acids is 4. The van der Waals surface area contributed by atoms with Crippen molar-refractivity contribution in [3.63, 3.8) is 0 Å². The van der Waals surface area contributed by atoms with Gasteiger partial charge in [-0.05, 0) is 77.6 Å². The second kappa shape index (κ2) is 9.82. The number of rotatable bonds is 6. The highest BCUT2D eigenvalue weighted by atomic mass is 16.5. The lowest BCUT2D eigenvalue weighted by atomic mass is 9.47. The average molecular weight is 612 g/mol. The molecule has 6 aliphatic carbocycles. The van der Waals surface area contributed by atoms with Crippen LogP contribution < -0.4 is 9.64 Å². The van der Waals surface area contributed by atoms with Gasteiger partial charge in [0.05, 0.1) is 41.4 Å². The minimum absolute atomic E-state index is 0.0436. The normalized spacial score (nSPS) is 33.1. The van der Waals surface area contributed by atoms with Crippen molar-refractivity contribution in [2.24, 2.45) is 40.6 Å². The SMILES string of the molecule is CCCOc1ccc(N2C(=O)[C@@H]3C4c5ccccc5C(/C=N\N5C(=O)[C@@H]6[C@H](C5=O)[C@H]5C=C[C@H]6CC5)(c5ccccc54)[C@H]3C2=O)cc1. The predicted octanol–water partition coefficient (Wildman–Crippen LogP) is 5.21. The summed E-state index contributed by atoms with van der Waals surface area (Å²) >= 11 is 0. The largest absolute Gasteiger partial charge is 0.494 e. The number of imide groups is 2. The van der Waals surface area contributed by atoms with Crippen LogP contribution in [0.25, 0.3) is 0 Å². The van der Waals surface area contributed by atoms with Crippen molar-refractivity contribution < 1.29 is 23.9 Å². The van der Waals surface area contributed by atoms with E-state index in [1.165, 1.54) is 4.90 Å². The predicted molar refractivity (Wildman–Crippen MR) is 170 cm³/mol. The lowest BCUT2D eigenvalue weighted by molar-refractivity contribution is -0.140. The Hall–Kier alpha value is -4.85. The molecule has 46 heavy (non-hydrogen) atoms. The number of nitrogens with zero attached hydrogens (tertiary/aromatic N) is 3. The van der Waals surface area contributed by atoms with Crippen LogP contribution in [-0.4, -0.2) is 41.5 Å². The molecule has 8 heteroatoms. The maximum atomic E-state index is 14.7. The Morgan fingerprint density at radius 3 is 1.91 bits per heavy atom. The van der Waals surface area contributed by atoms with Gasteiger partial charge in [-0.3, -0.25) is 19.2 Å². The maximum Gasteiger partial charge on any atom is 0.254 e. The van der Waals surface area contributed by atoms with Crippen LogP contribution in [-0.2, 0) is 24.6 Å². The lowest BCUT2D eigenvalue weighted by Gasteiger charge is -2.52. The molecule has 2 saturated heterocycles. The number of hydrazone groups is 1. The Kier molecular flexibility index (Phi) is 5.86. The minimum atomic E-state index is -1.16. The van der Waals surface area contributed by atoms with Crippen LogP contribution in [0.1, 0.15) is 54.4 Å². The first-order valence-electron chi connectivity index (χ1n) is 16.4. The zero-order valence-electron chi connectivity index (χ0n) is 25.4. The minimum Gasteiger partial charge on any atom is -0.494 e. The van der Waals surface area contributed by atoms with E-state index in [1.807, 2.05) is 55.5 Å². The highest BCUT2D eigenvalue weighted by molar-refractivity contribution is 6.25. The Labute approximate surface area is 266 Å². The summed E-state index contributed by atoms with van der Waals surface area (Å²) in [5.74, 6) is -2.94. The molecule has 8 aliphatic rings. The first kappa shape index (κ1) is 27.5. The van der Waals surface area contributed by atoms with E-state index in [1.54, 1.807) is 30.5 Å². The molecule has 0 N–H and O–H groups in total. The van der Waals surface area contributed by atoms with Crippen LogP contribution in [0, 0.1) is 35.5 Å². The lowest BCUT2D eigenvalue weighted by Crippen LogP contribution is -2.55. The van der Waals surface area contributed by atoms with Crippen LogP contribution in [0.5, 0.6) is 5.75 Å². The highest BCUT2D eigenvalue weighted by Crippen LogP contribution is 2.64. The van der Waals surface area contributed by atoms with Gasteiger partial charge in [0.25, 0.3) is 11.8 Å². The molecule has 3 aromatic rings. The fraction of sp³-hybridized carbons (Fsp3) is 0.342. The Morgan fingerprint density at radius 2 is 1.35 bits per heavy atom. The summed E-state index contributed by atoms with van der Waals surface area (Å²) in [6, 6.07) is 22.9. The van der Waals surface area contributed by atoms with Crippen molar-refractivity contribution in [2.75, 3.05) is 11.5 Å². The van der Waals surface area contributed by atoms with E-state index >= 15 is 0 Å². The van der Waals surface area contributed by atoms with Crippen molar-refractivity contribution in [1.29, 1.82) is 0 Å². The number of allylic oxidation sites excluding steroid dienone is 2. The summed E-state index contributed by atoms with van der Waals surface area (Å²) < 4.78 is 5.75. The fourth-order valence-electron chi connectivity index (χ4n) is 9.54. The van der Waals surface area contributed by atoms with Gasteiger partial charge in [-0.25, -0.2) is 4.90 Å². The van der Waals surface area contributed by atoms with Crippen LogP contribution in [0.3, 0.4) is 0 Å². The third-order valence-corrected chi connectivity index (χ3v) is 11.4. The number of hydrogen-bond donors (Lipinski definition) is 0. The molecule has 6 atom stereocenters. The molecule has 4 amide bonds. The second-order valence-corrected chi connectivity index (χ2v) is 13.5. The molecule has 3 fully saturated rings. The standard InChI is InChI=1S/C38H33N3O5/c1-2-19-46-24-17-15-23(16-18-24)40-34(42)32-31-25-7-3-5-9-27(25)38(33(32)37(40)45,28-10-6-4-8-26(28)31)20-39-41-35(43)29-21-11-12-22(14-13-21)30(29)36(41)44/h3-12,15-18,20-22,29-33H,2,13-14,19H2,1H3/b39-20-/t21-,22-,29-,30+,31?,32+,33+,38?/m0/s1. The van der Waals surface area contributed by atoms with E-state index in [2.05, 4.69) is 12.2 Å². The van der Waals surface area contributed by atoms with E-state index in [0.29, 0.717) is 18.0 Å². The van der Waals surface area contributed by atoms with E-state index < -0.39 is 29.1 Å². The molecule has 4 bridgehead atoms. The molecular formula is C38H33N3O5. The fourth-order valence-corrected chi connectivity index (χ4v) is 9.54. The van der Waals surface area contributed by atoms with Gasteiger partial charge in [-0.2, -0.15) is 10.1 Å². The number of ether oxygens (including phenoxy) is 1. The van der Waals surface area contributed by atoms with Crippen LogP contribution in [0.15, 0.2) is 90.0 Å². The maximum absolute atomic E-state index is 14.7. The Morgan fingerprint density at radius 1 is 0.761 bits per heavy atom. The average Bonchev–Trinajstić information content (AvgIpc) is 3.53. The zero-order chi connectivity index (χ0) is 31.3. The molecule has 0 radical (unpaired) electrons. The van der Waals surface area contributed by atoms with Crippen molar-refractivity contribution in [2.45, 2.75) is 37.5 Å². The third-order valence-electron chi connectivity index (χ3n) is 11.4. The van der Waals surface area contributed by atoms with E-state index in [4.69, 9.17) is 9.84 Å². The van der Waals surface area contributed by atoms with Crippen molar-refractivity contribution in [3.05, 3.63) is 107 Å². The number of amides is 4. The monoisotopic (exact) mass is 611 g/mol. The quantitative estimate of drug-likeness (QED) is 0.217. The van der Waals surface area contributed by atoms with Gasteiger partial charge >= 0.3 is 0 Å². The number of benzene rings is 3. The highest BCUT2D eigenvalue weighted by Gasteiger charge is 2.68. The summed E-state index contributed by atoms with van der Waals surface area (Å²) in [5, 5.41) is 5.80. The molecule has 0 aromatic heterocycles. The number of fused-ring (bicyclic) bond motifs is 1. The molecule has 0 unspecified atom stereocenters. The van der Waals surface area contributed by atoms with Crippen LogP contribution in [0.2, 0.25) is 0 Å². The van der Waals surface area contributed by atoms with Crippen LogP contribution >= 0.6 is 0 Å². The van der Waals surface area contributed by atoms with E-state index in [-0.39, 0.29) is 41.4 Å². The smallest absolute Gasteiger partial charge is 0.254 e. The molecule has 3 aromatic carbocycles. The first-order valence-corrected chi connectivity index (χ1v) is 16.4.